The van der Waals surface area contributed by atoms with Crippen LogP contribution < -0.4 is 10.9 Å². The van der Waals surface area contributed by atoms with Gasteiger partial charge in [0.05, 0.1) is 12.7 Å². The van der Waals surface area contributed by atoms with Crippen molar-refractivity contribution in [3.05, 3.63) is 63.5 Å². The second-order valence-corrected chi connectivity index (χ2v) is 5.92. The zero-order valence-electron chi connectivity index (χ0n) is 14.1. The topological polar surface area (TPSA) is 86.7 Å². The van der Waals surface area contributed by atoms with E-state index in [2.05, 4.69) is 27.4 Å². The lowest BCUT2D eigenvalue weighted by Crippen LogP contribution is -2.17. The molecule has 0 saturated carbocycles. The molecule has 3 rings (SSSR count). The molecule has 0 fully saturated rings. The lowest BCUT2D eigenvalue weighted by Gasteiger charge is -2.10. The van der Waals surface area contributed by atoms with Crippen LogP contribution in [0.2, 0.25) is 0 Å². The molecule has 0 aliphatic rings. The molecule has 6 heteroatoms. The highest BCUT2D eigenvalue weighted by Crippen LogP contribution is 2.25. The molecule has 3 aromatic heterocycles. The van der Waals surface area contributed by atoms with Gasteiger partial charge in [-0.2, -0.15) is 5.10 Å². The number of nitrogens with zero attached hydrogens (tertiary/aromatic N) is 1. The van der Waals surface area contributed by atoms with E-state index in [1.54, 1.807) is 6.20 Å². The predicted octanol–water partition coefficient (Wildman–Crippen LogP) is 3.08. The van der Waals surface area contributed by atoms with E-state index in [1.807, 2.05) is 38.2 Å². The summed E-state index contributed by atoms with van der Waals surface area (Å²) in [6.45, 7) is 6.56. The Morgan fingerprint density at radius 1 is 1.38 bits per heavy atom. The maximum atomic E-state index is 11.8. The van der Waals surface area contributed by atoms with Crippen LogP contribution in [0, 0.1) is 6.92 Å². The van der Waals surface area contributed by atoms with Crippen LogP contribution >= 0.6 is 0 Å². The molecule has 1 atom stereocenters. The van der Waals surface area contributed by atoms with Gasteiger partial charge in [-0.25, -0.2) is 0 Å². The van der Waals surface area contributed by atoms with Crippen LogP contribution in [0.3, 0.4) is 0 Å². The smallest absolute Gasteiger partial charge is 0.251 e. The quantitative estimate of drug-likeness (QED) is 0.650. The van der Waals surface area contributed by atoms with Crippen LogP contribution in [0.4, 0.5) is 0 Å². The molecule has 0 saturated heterocycles. The number of pyridine rings is 1. The second kappa shape index (κ2) is 6.88. The lowest BCUT2D eigenvalue weighted by atomic mass is 10.1. The number of H-pyrrole nitrogens is 2. The van der Waals surface area contributed by atoms with Gasteiger partial charge in [0.1, 0.15) is 11.5 Å². The molecule has 3 heterocycles. The van der Waals surface area contributed by atoms with Gasteiger partial charge in [0, 0.05) is 34.6 Å². The van der Waals surface area contributed by atoms with Gasteiger partial charge in [-0.05, 0) is 38.5 Å². The first kappa shape index (κ1) is 16.3. The summed E-state index contributed by atoms with van der Waals surface area (Å²) in [7, 11) is 0. The summed E-state index contributed by atoms with van der Waals surface area (Å²) in [5, 5.41) is 10.2. The first-order valence-corrected chi connectivity index (χ1v) is 8.12. The number of hydrogen-bond acceptors (Lipinski definition) is 4. The molecule has 0 bridgehead atoms. The molecule has 0 radical (unpaired) electrons. The third kappa shape index (κ3) is 3.33. The minimum atomic E-state index is -0.0267. The van der Waals surface area contributed by atoms with E-state index in [-0.39, 0.29) is 11.6 Å². The summed E-state index contributed by atoms with van der Waals surface area (Å²) < 4.78 is 5.95. The minimum absolute atomic E-state index is 0.0267. The van der Waals surface area contributed by atoms with Crippen LogP contribution in [0.1, 0.15) is 42.5 Å². The number of aryl methyl sites for hydroxylation is 2. The molecule has 0 aliphatic carbocycles. The SMILES string of the molecule is CCc1cc(-c2ccc(CNC(C)c3cn[nH]c3)o2)c(C)[nH]c1=O. The summed E-state index contributed by atoms with van der Waals surface area (Å²) in [6.07, 6.45) is 4.38. The monoisotopic (exact) mass is 326 g/mol. The predicted molar refractivity (Wildman–Crippen MR) is 92.7 cm³/mol. The fourth-order valence-electron chi connectivity index (χ4n) is 2.67. The minimum Gasteiger partial charge on any atom is -0.460 e. The van der Waals surface area contributed by atoms with E-state index in [1.165, 1.54) is 0 Å². The zero-order chi connectivity index (χ0) is 17.1. The van der Waals surface area contributed by atoms with E-state index in [9.17, 15) is 4.79 Å². The second-order valence-electron chi connectivity index (χ2n) is 5.92. The third-order valence-corrected chi connectivity index (χ3v) is 4.23. The molecule has 3 N–H and O–H groups in total. The van der Waals surface area contributed by atoms with Crippen LogP contribution in [0.25, 0.3) is 11.3 Å². The van der Waals surface area contributed by atoms with Crippen molar-refractivity contribution in [2.75, 3.05) is 0 Å². The van der Waals surface area contributed by atoms with Gasteiger partial charge in [0.15, 0.2) is 0 Å². The van der Waals surface area contributed by atoms with Crippen LogP contribution in [0.5, 0.6) is 0 Å². The van der Waals surface area contributed by atoms with Crippen molar-refractivity contribution in [2.24, 2.45) is 0 Å². The van der Waals surface area contributed by atoms with Crippen molar-refractivity contribution >= 4 is 0 Å². The van der Waals surface area contributed by atoms with Gasteiger partial charge in [-0.15, -0.1) is 0 Å². The van der Waals surface area contributed by atoms with Gasteiger partial charge in [0.25, 0.3) is 5.56 Å². The van der Waals surface area contributed by atoms with Crippen molar-refractivity contribution in [3.63, 3.8) is 0 Å². The molecule has 0 aromatic carbocycles. The molecule has 1 unspecified atom stereocenters. The van der Waals surface area contributed by atoms with Crippen molar-refractivity contribution in [1.29, 1.82) is 0 Å². The Bertz CT molecular complexity index is 862. The molecule has 0 spiro atoms. The molecule has 24 heavy (non-hydrogen) atoms. The zero-order valence-corrected chi connectivity index (χ0v) is 14.1. The highest BCUT2D eigenvalue weighted by Gasteiger charge is 2.12. The molecule has 0 aliphatic heterocycles. The van der Waals surface area contributed by atoms with E-state index >= 15 is 0 Å². The highest BCUT2D eigenvalue weighted by atomic mass is 16.3. The fraction of sp³-hybridized carbons (Fsp3) is 0.333. The molecular weight excluding hydrogens is 304 g/mol. The summed E-state index contributed by atoms with van der Waals surface area (Å²) in [6, 6.07) is 6.00. The van der Waals surface area contributed by atoms with Crippen molar-refractivity contribution in [2.45, 2.75) is 39.8 Å². The average Bonchev–Trinajstić information content (AvgIpc) is 3.24. The van der Waals surface area contributed by atoms with Gasteiger partial charge in [0.2, 0.25) is 0 Å². The third-order valence-electron chi connectivity index (χ3n) is 4.23. The van der Waals surface area contributed by atoms with Crippen LogP contribution in [-0.2, 0) is 13.0 Å². The van der Waals surface area contributed by atoms with E-state index < -0.39 is 0 Å². The number of aromatic amines is 2. The standard InChI is InChI=1S/C18H22N4O2/c1-4-13-7-16(12(3)22-18(13)23)17-6-5-15(24-17)10-19-11(2)14-8-20-21-9-14/h5-9,11,19H,4,10H2,1-3H3,(H,20,21)(H,22,23). The number of rotatable bonds is 6. The van der Waals surface area contributed by atoms with Crippen LogP contribution in [0.15, 0.2) is 39.8 Å². The van der Waals surface area contributed by atoms with Crippen molar-refractivity contribution in [3.8, 4) is 11.3 Å². The Morgan fingerprint density at radius 3 is 2.92 bits per heavy atom. The number of nitrogens with one attached hydrogen (secondary N) is 3. The van der Waals surface area contributed by atoms with Gasteiger partial charge in [-0.3, -0.25) is 9.89 Å². The summed E-state index contributed by atoms with van der Waals surface area (Å²) in [5.41, 5.74) is 3.59. The van der Waals surface area contributed by atoms with Gasteiger partial charge < -0.3 is 14.7 Å². The lowest BCUT2D eigenvalue weighted by molar-refractivity contribution is 0.468. The van der Waals surface area contributed by atoms with Gasteiger partial charge >= 0.3 is 0 Å². The Hall–Kier alpha value is -2.60. The van der Waals surface area contributed by atoms with E-state index in [4.69, 9.17) is 4.42 Å². The first-order valence-electron chi connectivity index (χ1n) is 8.12. The van der Waals surface area contributed by atoms with Gasteiger partial charge in [-0.1, -0.05) is 6.92 Å². The molecule has 3 aromatic rings. The summed E-state index contributed by atoms with van der Waals surface area (Å²) >= 11 is 0. The number of furan rings is 1. The Labute approximate surface area is 140 Å². The molecule has 0 amide bonds. The Balaban J connectivity index is 1.75. The average molecular weight is 326 g/mol. The largest absolute Gasteiger partial charge is 0.460 e. The number of aromatic nitrogens is 3. The fourth-order valence-corrected chi connectivity index (χ4v) is 2.67. The van der Waals surface area contributed by atoms with Crippen molar-refractivity contribution in [1.82, 2.24) is 20.5 Å². The van der Waals surface area contributed by atoms with E-state index in [0.29, 0.717) is 13.0 Å². The maximum Gasteiger partial charge on any atom is 0.251 e. The first-order chi connectivity index (χ1) is 11.6. The molecular formula is C18H22N4O2. The maximum absolute atomic E-state index is 11.8. The molecule has 126 valence electrons. The normalized spacial score (nSPS) is 12.5. The van der Waals surface area contributed by atoms with E-state index in [0.717, 1.165) is 33.9 Å². The summed E-state index contributed by atoms with van der Waals surface area (Å²) in [4.78, 5) is 14.7. The highest BCUT2D eigenvalue weighted by molar-refractivity contribution is 5.61. The Kier molecular flexibility index (Phi) is 4.66. The van der Waals surface area contributed by atoms with Crippen molar-refractivity contribution < 1.29 is 4.42 Å². The Morgan fingerprint density at radius 2 is 2.21 bits per heavy atom. The number of hydrogen-bond donors (Lipinski definition) is 3. The molecule has 6 nitrogen and oxygen atoms in total. The summed E-state index contributed by atoms with van der Waals surface area (Å²) in [5.74, 6) is 1.62. The van der Waals surface area contributed by atoms with Crippen LogP contribution in [-0.4, -0.2) is 15.2 Å².